The van der Waals surface area contributed by atoms with Crippen LogP contribution in [0.4, 0.5) is 0 Å². The number of nitrogens with zero attached hydrogens (tertiary/aromatic N) is 4. The minimum absolute atomic E-state index is 0.0289. The molecule has 0 aliphatic carbocycles. The number of rotatable bonds is 26. The second kappa shape index (κ2) is 30.3. The molecule has 2 saturated heterocycles. The fourth-order valence-corrected chi connectivity index (χ4v) is 8.91. The summed E-state index contributed by atoms with van der Waals surface area (Å²) in [6.45, 7) is 17.1. The summed E-state index contributed by atoms with van der Waals surface area (Å²) in [6.07, 6.45) is 2.86. The molecule has 1 unspecified atom stereocenters. The van der Waals surface area contributed by atoms with Crippen molar-refractivity contribution in [3.8, 4) is 23.7 Å². The van der Waals surface area contributed by atoms with Crippen LogP contribution in [-0.2, 0) is 51.1 Å². The Labute approximate surface area is 429 Å². The summed E-state index contributed by atoms with van der Waals surface area (Å²) in [5.74, 6) is 9.63. The summed E-state index contributed by atoms with van der Waals surface area (Å²) in [5.41, 5.74) is 2.26. The van der Waals surface area contributed by atoms with Gasteiger partial charge in [-0.3, -0.25) is 28.8 Å². The molecular weight excluding hydrogens is 913 g/mol. The molecule has 0 aromatic heterocycles. The van der Waals surface area contributed by atoms with Crippen molar-refractivity contribution >= 4 is 35.4 Å². The maximum Gasteiger partial charge on any atom is 0.248 e. The summed E-state index contributed by atoms with van der Waals surface area (Å²) in [7, 11) is 3.34. The Kier molecular flexibility index (Phi) is 24.7. The van der Waals surface area contributed by atoms with E-state index >= 15 is 0 Å². The van der Waals surface area contributed by atoms with Gasteiger partial charge < -0.3 is 50.3 Å². The predicted molar refractivity (Wildman–Crippen MR) is 280 cm³/mol. The van der Waals surface area contributed by atoms with Crippen molar-refractivity contribution in [2.24, 2.45) is 11.8 Å². The molecule has 16 nitrogen and oxygen atoms in total. The molecule has 394 valence electrons. The van der Waals surface area contributed by atoms with Crippen LogP contribution in [0.5, 0.6) is 0 Å². The van der Waals surface area contributed by atoms with Gasteiger partial charge in [0.15, 0.2) is 0 Å². The molecule has 8 atom stereocenters. The van der Waals surface area contributed by atoms with E-state index in [2.05, 4.69) is 44.9 Å². The number of likely N-dealkylation sites (N-methyl/N-ethyl adjacent to an activating group) is 2. The first kappa shape index (κ1) is 58.8. The van der Waals surface area contributed by atoms with Gasteiger partial charge in [-0.1, -0.05) is 100 Å². The maximum absolute atomic E-state index is 14.4. The van der Waals surface area contributed by atoms with E-state index in [4.69, 9.17) is 9.47 Å². The van der Waals surface area contributed by atoms with Gasteiger partial charge in [0, 0.05) is 63.2 Å². The largest absolute Gasteiger partial charge is 0.363 e. The summed E-state index contributed by atoms with van der Waals surface area (Å²) >= 11 is 0. The van der Waals surface area contributed by atoms with Gasteiger partial charge in [0.25, 0.3) is 0 Å². The van der Waals surface area contributed by atoms with E-state index < -0.39 is 36.4 Å². The van der Waals surface area contributed by atoms with Crippen molar-refractivity contribution in [3.05, 3.63) is 71.8 Å². The highest BCUT2D eigenvalue weighted by Crippen LogP contribution is 2.24. The topological polar surface area (TPSA) is 182 Å². The van der Waals surface area contributed by atoms with Gasteiger partial charge in [-0.25, -0.2) is 0 Å². The van der Waals surface area contributed by atoms with Crippen molar-refractivity contribution in [1.29, 1.82) is 0 Å². The highest BCUT2D eigenvalue weighted by molar-refractivity contribution is 5.91. The molecule has 2 aromatic carbocycles. The molecule has 4 rings (SSSR count). The number of amides is 6. The lowest BCUT2D eigenvalue weighted by Gasteiger charge is -2.35. The monoisotopic (exact) mass is 995 g/mol. The van der Waals surface area contributed by atoms with Crippen molar-refractivity contribution in [2.45, 2.75) is 142 Å². The zero-order valence-corrected chi connectivity index (χ0v) is 44.5. The fourth-order valence-electron chi connectivity index (χ4n) is 8.91. The van der Waals surface area contributed by atoms with Gasteiger partial charge in [0.2, 0.25) is 35.4 Å². The molecule has 2 fully saturated rings. The van der Waals surface area contributed by atoms with Crippen LogP contribution in [0.15, 0.2) is 60.7 Å². The Morgan fingerprint density at radius 3 is 1.28 bits per heavy atom. The summed E-state index contributed by atoms with van der Waals surface area (Å²) in [5, 5.41) is 11.7. The van der Waals surface area contributed by atoms with Crippen LogP contribution in [0.2, 0.25) is 0 Å². The van der Waals surface area contributed by atoms with Crippen LogP contribution in [0.25, 0.3) is 0 Å². The van der Waals surface area contributed by atoms with E-state index in [1.54, 1.807) is 51.6 Å². The van der Waals surface area contributed by atoms with Crippen LogP contribution in [0.1, 0.15) is 92.2 Å². The van der Waals surface area contributed by atoms with Crippen LogP contribution in [0, 0.1) is 35.5 Å². The molecule has 4 N–H and O–H groups in total. The highest BCUT2D eigenvalue weighted by atomic mass is 16.5. The van der Waals surface area contributed by atoms with Gasteiger partial charge >= 0.3 is 0 Å². The van der Waals surface area contributed by atoms with Crippen molar-refractivity contribution in [2.75, 3.05) is 66.6 Å². The SMILES string of the molecule is CN[C@@H](C)C(=O)NC(C(=O)N1CCC[C@H]1CN(CCc1ccccc1)C(=O)C(C)C)[C@H](C)OCC#CC#CCO[C@@H](C)[C@H](NC(=O)[C@@H](C)NC)C(=O)N1CCC[C@H]1CN(CCc1ccccc1)C(=O)C(C)C. The zero-order chi connectivity index (χ0) is 52.7. The van der Waals surface area contributed by atoms with Gasteiger partial charge in [-0.15, -0.1) is 0 Å². The molecule has 72 heavy (non-hydrogen) atoms. The average molecular weight is 995 g/mol. The standard InChI is InChI=1S/C56H82N8O8/c1-39(2)53(67)61(33-29-45-23-15-13-16-24-45)37-47-27-21-31-63(47)55(69)49(59-51(65)41(5)57-9)43(7)71-35-19-11-12-20-36-72-44(8)50(60-52(66)42(6)58-10)56(70)64-32-22-28-48(64)38-62(54(68)40(3)4)34-30-46-25-17-14-18-26-46/h13-18,23-26,39-44,47-50,57-58H,21-22,27-38H2,1-10H3,(H,59,65)(H,60,66)/t41-,42+,43-,44-,47-,48-,49?,50-/m0/s1. The normalized spacial score (nSPS) is 17.9. The Morgan fingerprint density at radius 2 is 0.944 bits per heavy atom. The highest BCUT2D eigenvalue weighted by Gasteiger charge is 2.40. The van der Waals surface area contributed by atoms with Gasteiger partial charge in [0.05, 0.1) is 24.3 Å². The van der Waals surface area contributed by atoms with E-state index in [0.717, 1.165) is 36.8 Å². The predicted octanol–water partition coefficient (Wildman–Crippen LogP) is 3.43. The van der Waals surface area contributed by atoms with E-state index in [0.29, 0.717) is 52.1 Å². The maximum atomic E-state index is 14.4. The first-order valence-electron chi connectivity index (χ1n) is 25.9. The van der Waals surface area contributed by atoms with Gasteiger partial charge in [0.1, 0.15) is 25.3 Å². The third kappa shape index (κ3) is 18.1. The number of nitrogens with one attached hydrogen (secondary N) is 4. The minimum atomic E-state index is -1.01. The van der Waals surface area contributed by atoms with Gasteiger partial charge in [-0.2, -0.15) is 0 Å². The number of carbonyl (C=O) groups excluding carboxylic acids is 6. The smallest absolute Gasteiger partial charge is 0.248 e. The first-order valence-corrected chi connectivity index (χ1v) is 25.9. The Bertz CT molecular complexity index is 2030. The van der Waals surface area contributed by atoms with Crippen molar-refractivity contribution in [3.63, 3.8) is 0 Å². The summed E-state index contributed by atoms with van der Waals surface area (Å²) in [6, 6.07) is 16.4. The Morgan fingerprint density at radius 1 is 0.583 bits per heavy atom. The van der Waals surface area contributed by atoms with Crippen LogP contribution < -0.4 is 21.3 Å². The van der Waals surface area contributed by atoms with E-state index in [9.17, 15) is 28.8 Å². The van der Waals surface area contributed by atoms with E-state index in [-0.39, 0.29) is 72.6 Å². The zero-order valence-electron chi connectivity index (χ0n) is 44.5. The number of carbonyl (C=O) groups is 6. The van der Waals surface area contributed by atoms with Crippen molar-refractivity contribution < 1.29 is 38.2 Å². The van der Waals surface area contributed by atoms with Crippen molar-refractivity contribution in [1.82, 2.24) is 40.9 Å². The third-order valence-electron chi connectivity index (χ3n) is 13.6. The number of likely N-dealkylation sites (tertiary alicyclic amines) is 2. The molecule has 2 aliphatic rings. The van der Waals surface area contributed by atoms with Crippen LogP contribution in [-0.4, -0.2) is 170 Å². The lowest BCUT2D eigenvalue weighted by molar-refractivity contribution is -0.143. The van der Waals surface area contributed by atoms with E-state index in [1.807, 2.05) is 98.2 Å². The molecule has 0 bridgehead atoms. The van der Waals surface area contributed by atoms with E-state index in [1.165, 1.54) is 0 Å². The van der Waals surface area contributed by atoms with Gasteiger partial charge in [-0.05, 0) is 103 Å². The lowest BCUT2D eigenvalue weighted by Crippen LogP contribution is -2.59. The average Bonchev–Trinajstić information content (AvgIpc) is 4.06. The third-order valence-corrected chi connectivity index (χ3v) is 13.6. The number of benzene rings is 2. The molecule has 2 aromatic rings. The molecule has 0 saturated carbocycles. The second-order valence-electron chi connectivity index (χ2n) is 19.6. The molecule has 2 aliphatic heterocycles. The molecule has 2 heterocycles. The van der Waals surface area contributed by atoms with Crippen LogP contribution >= 0.6 is 0 Å². The fraction of sp³-hybridized carbons (Fsp3) is 0.607. The second-order valence-corrected chi connectivity index (χ2v) is 19.6. The molecule has 16 heteroatoms. The molecule has 0 radical (unpaired) electrons. The summed E-state index contributed by atoms with van der Waals surface area (Å²) in [4.78, 5) is 89.3. The number of hydrogen-bond acceptors (Lipinski definition) is 10. The number of ether oxygens (including phenoxy) is 2. The van der Waals surface area contributed by atoms with Crippen LogP contribution in [0.3, 0.4) is 0 Å². The Hall–Kier alpha value is -5.78. The lowest BCUT2D eigenvalue weighted by atomic mass is 10.1. The summed E-state index contributed by atoms with van der Waals surface area (Å²) < 4.78 is 12.1. The number of hydrogen-bond donors (Lipinski definition) is 4. The molecule has 0 spiro atoms. The molecule has 6 amide bonds. The first-order chi connectivity index (χ1) is 34.5. The quantitative estimate of drug-likeness (QED) is 0.102. The molecular formula is C56H82N8O8. The minimum Gasteiger partial charge on any atom is -0.363 e. The Balaban J connectivity index is 1.39.